The van der Waals surface area contributed by atoms with Gasteiger partial charge in [0.25, 0.3) is 0 Å². The molecule has 0 aliphatic heterocycles. The van der Waals surface area contributed by atoms with Crippen LogP contribution >= 0.6 is 0 Å². The predicted molar refractivity (Wildman–Crippen MR) is 172 cm³/mol. The van der Waals surface area contributed by atoms with E-state index in [2.05, 4.69) is 131 Å². The summed E-state index contributed by atoms with van der Waals surface area (Å²) < 4.78 is 8.86. The van der Waals surface area contributed by atoms with E-state index in [0.29, 0.717) is 0 Å². The Morgan fingerprint density at radius 3 is 2.24 bits per heavy atom. The Balaban J connectivity index is 1.26. The molecule has 0 aliphatic rings. The van der Waals surface area contributed by atoms with E-state index in [9.17, 15) is 0 Å². The molecule has 0 aliphatic carbocycles. The maximum absolute atomic E-state index is 6.60. The van der Waals surface area contributed by atoms with Crippen molar-refractivity contribution in [3.05, 3.63) is 140 Å². The van der Waals surface area contributed by atoms with Crippen LogP contribution in [0.1, 0.15) is 0 Å². The lowest BCUT2D eigenvalue weighted by Gasteiger charge is -2.08. The molecule has 0 saturated carbocycles. The first kappa shape index (κ1) is 23.0. The highest BCUT2D eigenvalue weighted by molar-refractivity contribution is 6.08. The smallest absolute Gasteiger partial charge is 0.213 e. The van der Waals surface area contributed by atoms with E-state index in [0.717, 1.165) is 77.5 Å². The molecule has 0 saturated heterocycles. The second-order valence-corrected chi connectivity index (χ2v) is 10.7. The van der Waals surface area contributed by atoms with Crippen LogP contribution in [0.5, 0.6) is 0 Å². The number of para-hydroxylation sites is 1. The van der Waals surface area contributed by atoms with Crippen LogP contribution < -0.4 is 0 Å². The molecule has 4 nitrogen and oxygen atoms in total. The Hall–Kier alpha value is -5.74. The fourth-order valence-corrected chi connectivity index (χ4v) is 6.24. The van der Waals surface area contributed by atoms with Gasteiger partial charge in [0.15, 0.2) is 5.58 Å². The van der Waals surface area contributed by atoms with E-state index in [1.807, 2.05) is 18.3 Å². The molecule has 4 heteroatoms. The van der Waals surface area contributed by atoms with Crippen LogP contribution in [0.3, 0.4) is 0 Å². The first-order chi connectivity index (χ1) is 20.8. The topological polar surface area (TPSA) is 43.3 Å². The molecule has 0 atom stereocenters. The molecule has 9 rings (SSSR count). The zero-order chi connectivity index (χ0) is 27.6. The minimum Gasteiger partial charge on any atom is -0.438 e. The van der Waals surface area contributed by atoms with Crippen molar-refractivity contribution in [3.63, 3.8) is 0 Å². The maximum Gasteiger partial charge on any atom is 0.213 e. The number of pyridine rings is 2. The summed E-state index contributed by atoms with van der Waals surface area (Å²) in [5, 5.41) is 3.33. The van der Waals surface area contributed by atoms with Crippen LogP contribution in [0.2, 0.25) is 0 Å². The predicted octanol–water partition coefficient (Wildman–Crippen LogP) is 9.94. The summed E-state index contributed by atoms with van der Waals surface area (Å²) in [6.07, 6.45) is 1.83. The Labute approximate surface area is 241 Å². The third-order valence-corrected chi connectivity index (χ3v) is 8.22. The van der Waals surface area contributed by atoms with Crippen LogP contribution in [0.4, 0.5) is 0 Å². The zero-order valence-corrected chi connectivity index (χ0v) is 22.5. The summed E-state index contributed by atoms with van der Waals surface area (Å²) in [7, 11) is 0. The first-order valence-electron chi connectivity index (χ1n) is 14.1. The van der Waals surface area contributed by atoms with Crippen molar-refractivity contribution in [3.8, 4) is 33.5 Å². The highest BCUT2D eigenvalue weighted by Gasteiger charge is 2.20. The fourth-order valence-electron chi connectivity index (χ4n) is 6.24. The monoisotopic (exact) mass is 537 g/mol. The van der Waals surface area contributed by atoms with Gasteiger partial charge in [0.1, 0.15) is 0 Å². The van der Waals surface area contributed by atoms with Crippen LogP contribution in [0.25, 0.3) is 83.0 Å². The number of benzene rings is 5. The van der Waals surface area contributed by atoms with Gasteiger partial charge in [-0.2, -0.15) is 0 Å². The number of rotatable bonds is 3. The van der Waals surface area contributed by atoms with Crippen molar-refractivity contribution in [2.45, 2.75) is 0 Å². The fraction of sp³-hybridized carbons (Fsp3) is 0. The highest BCUT2D eigenvalue weighted by atomic mass is 16.3. The summed E-state index contributed by atoms with van der Waals surface area (Å²) in [4.78, 5) is 9.74. The van der Waals surface area contributed by atoms with Crippen molar-refractivity contribution < 1.29 is 4.42 Å². The molecule has 0 unspecified atom stereocenters. The Morgan fingerprint density at radius 1 is 0.524 bits per heavy atom. The summed E-state index contributed by atoms with van der Waals surface area (Å²) in [5.41, 5.74) is 12.2. The summed E-state index contributed by atoms with van der Waals surface area (Å²) in [6.45, 7) is 0. The van der Waals surface area contributed by atoms with Crippen molar-refractivity contribution in [1.82, 2.24) is 14.4 Å². The van der Waals surface area contributed by atoms with Gasteiger partial charge in [-0.15, -0.1) is 0 Å². The normalized spacial score (nSPS) is 11.8. The molecule has 4 aromatic heterocycles. The van der Waals surface area contributed by atoms with E-state index >= 15 is 0 Å². The summed E-state index contributed by atoms with van der Waals surface area (Å²) >= 11 is 0. The van der Waals surface area contributed by atoms with E-state index < -0.39 is 0 Å². The van der Waals surface area contributed by atoms with Gasteiger partial charge in [0.05, 0.1) is 33.3 Å². The van der Waals surface area contributed by atoms with Gasteiger partial charge >= 0.3 is 0 Å². The van der Waals surface area contributed by atoms with E-state index in [-0.39, 0.29) is 0 Å². The quantitative estimate of drug-likeness (QED) is 0.211. The summed E-state index contributed by atoms with van der Waals surface area (Å²) in [6, 6.07) is 46.5. The minimum atomic E-state index is 0.843. The largest absolute Gasteiger partial charge is 0.438 e. The molecule has 0 N–H and O–H groups in total. The first-order valence-corrected chi connectivity index (χ1v) is 14.1. The van der Waals surface area contributed by atoms with Crippen LogP contribution in [0.15, 0.2) is 144 Å². The summed E-state index contributed by atoms with van der Waals surface area (Å²) in [5.74, 6) is 0. The number of hydrogen-bond acceptors (Lipinski definition) is 3. The van der Waals surface area contributed by atoms with Crippen molar-refractivity contribution >= 4 is 49.5 Å². The maximum atomic E-state index is 6.60. The third-order valence-electron chi connectivity index (χ3n) is 8.22. The highest BCUT2D eigenvalue weighted by Crippen LogP contribution is 2.41. The molecule has 0 fully saturated rings. The average Bonchev–Trinajstić information content (AvgIpc) is 3.59. The van der Waals surface area contributed by atoms with Crippen LogP contribution in [-0.4, -0.2) is 14.4 Å². The third kappa shape index (κ3) is 3.42. The SMILES string of the molecule is c1ccc(-c2ccc3oc4c(-c5cccc(-c6ccc7ccc8cccnc8c7n6)c5)c5ccccc5n4c3c2)cc1. The number of fused-ring (bicyclic) bond motifs is 8. The van der Waals surface area contributed by atoms with Crippen molar-refractivity contribution in [2.24, 2.45) is 0 Å². The van der Waals surface area contributed by atoms with E-state index in [1.54, 1.807) is 0 Å². The number of nitrogens with zero attached hydrogens (tertiary/aromatic N) is 3. The molecule has 42 heavy (non-hydrogen) atoms. The number of oxazole rings is 1. The molecular weight excluding hydrogens is 514 g/mol. The van der Waals surface area contributed by atoms with E-state index in [1.165, 1.54) is 5.56 Å². The lowest BCUT2D eigenvalue weighted by Crippen LogP contribution is -1.89. The molecule has 0 amide bonds. The zero-order valence-electron chi connectivity index (χ0n) is 22.5. The molecule has 0 spiro atoms. The molecule has 196 valence electrons. The average molecular weight is 538 g/mol. The second kappa shape index (κ2) is 8.88. The van der Waals surface area contributed by atoms with Crippen LogP contribution in [-0.2, 0) is 0 Å². The lowest BCUT2D eigenvalue weighted by atomic mass is 10.00. The number of hydrogen-bond donors (Lipinski definition) is 0. The van der Waals surface area contributed by atoms with Crippen LogP contribution in [0, 0.1) is 0 Å². The van der Waals surface area contributed by atoms with Crippen molar-refractivity contribution in [2.75, 3.05) is 0 Å². The number of aromatic nitrogens is 3. The second-order valence-electron chi connectivity index (χ2n) is 10.7. The van der Waals surface area contributed by atoms with Gasteiger partial charge in [0, 0.05) is 27.9 Å². The lowest BCUT2D eigenvalue weighted by molar-refractivity contribution is 0.658. The Bertz CT molecular complexity index is 2470. The van der Waals surface area contributed by atoms with Gasteiger partial charge < -0.3 is 4.42 Å². The van der Waals surface area contributed by atoms with Gasteiger partial charge in [-0.3, -0.25) is 9.38 Å². The van der Waals surface area contributed by atoms with Gasteiger partial charge in [-0.1, -0.05) is 97.1 Å². The minimum absolute atomic E-state index is 0.843. The molecule has 4 heterocycles. The standard InChI is InChI=1S/C38H23N3O/c1-2-8-24(9-3-1)27-18-20-34-33(23-27)41-32-14-5-4-13-30(32)35(38(41)42-34)29-11-6-10-28(22-29)31-19-17-26-16-15-25-12-7-21-39-36(25)37(26)40-31/h1-23H. The van der Waals surface area contributed by atoms with Crippen molar-refractivity contribution in [1.29, 1.82) is 0 Å². The molecular formula is C38H23N3O. The molecule has 0 bridgehead atoms. The Morgan fingerprint density at radius 2 is 1.31 bits per heavy atom. The van der Waals surface area contributed by atoms with Gasteiger partial charge in [-0.05, 0) is 53.1 Å². The van der Waals surface area contributed by atoms with Gasteiger partial charge in [0.2, 0.25) is 5.71 Å². The molecule has 9 aromatic rings. The van der Waals surface area contributed by atoms with E-state index in [4.69, 9.17) is 9.40 Å². The molecule has 0 radical (unpaired) electrons. The molecule has 5 aromatic carbocycles. The van der Waals surface area contributed by atoms with Gasteiger partial charge in [-0.25, -0.2) is 4.98 Å². The Kier molecular flexibility index (Phi) is 4.87.